The number of hydrogen-bond acceptors (Lipinski definition) is 18. The lowest BCUT2D eigenvalue weighted by atomic mass is 10.0. The van der Waals surface area contributed by atoms with Gasteiger partial charge in [-0.15, -0.1) is 0 Å². The zero-order valence-corrected chi connectivity index (χ0v) is 68.9. The van der Waals surface area contributed by atoms with Gasteiger partial charge in [-0.05, 0) is 244 Å². The molecule has 0 aliphatic rings. The highest BCUT2D eigenvalue weighted by molar-refractivity contribution is 6.03. The first-order valence-electron chi connectivity index (χ1n) is 36.4. The highest BCUT2D eigenvalue weighted by atomic mass is 16.5. The van der Waals surface area contributed by atoms with Crippen molar-refractivity contribution in [2.45, 2.75) is 55.4 Å². The molecule has 600 valence electrons. The molecule has 13 rings (SSSR count). The number of methoxy groups -OCH3 is 10. The van der Waals surface area contributed by atoms with Crippen LogP contribution >= 0.6 is 0 Å². The monoisotopic (exact) mass is 1560 g/mol. The highest BCUT2D eigenvalue weighted by Crippen LogP contribution is 2.28. The van der Waals surface area contributed by atoms with E-state index in [1.54, 1.807) is 184 Å². The lowest BCUT2D eigenvalue weighted by Gasteiger charge is -2.05. The average Bonchev–Trinajstić information content (AvgIpc) is 0.855. The molecule has 0 aliphatic carbocycles. The highest BCUT2D eigenvalue weighted by Gasteiger charge is 2.09. The van der Waals surface area contributed by atoms with E-state index < -0.39 is 0 Å². The van der Waals surface area contributed by atoms with Gasteiger partial charge in [0.05, 0.1) is 71.1 Å². The van der Waals surface area contributed by atoms with Crippen molar-refractivity contribution in [1.29, 1.82) is 0 Å². The van der Waals surface area contributed by atoms with E-state index in [4.69, 9.17) is 47.4 Å². The molecule has 0 bridgehead atoms. The maximum atomic E-state index is 11.2. The van der Waals surface area contributed by atoms with E-state index in [0.29, 0.717) is 38.9 Å². The van der Waals surface area contributed by atoms with Crippen LogP contribution in [0.2, 0.25) is 0 Å². The van der Waals surface area contributed by atoms with Crippen LogP contribution in [0.15, 0.2) is 279 Å². The van der Waals surface area contributed by atoms with Crippen molar-refractivity contribution in [3.05, 3.63) is 324 Å². The summed E-state index contributed by atoms with van der Waals surface area (Å²) >= 11 is 0. The third-order valence-corrected chi connectivity index (χ3v) is 17.3. The Bertz CT molecular complexity index is 5110. The quantitative estimate of drug-likeness (QED) is 0.0685. The average molecular weight is 1570 g/mol. The molecule has 18 heteroatoms. The van der Waals surface area contributed by atoms with Gasteiger partial charge in [-0.25, -0.2) is 0 Å². The van der Waals surface area contributed by atoms with E-state index in [-0.39, 0.29) is 46.3 Å². The first kappa shape index (κ1) is 92.6. The van der Waals surface area contributed by atoms with Crippen LogP contribution < -0.4 is 47.4 Å². The van der Waals surface area contributed by atoms with Crippen molar-refractivity contribution < 1.29 is 85.7 Å². The van der Waals surface area contributed by atoms with Crippen LogP contribution in [0.5, 0.6) is 57.5 Å². The van der Waals surface area contributed by atoms with Gasteiger partial charge in [-0.2, -0.15) is 0 Å². The Morgan fingerprint density at radius 3 is 0.552 bits per heavy atom. The zero-order chi connectivity index (χ0) is 85.2. The predicted molar refractivity (Wildman–Crippen MR) is 461 cm³/mol. The summed E-state index contributed by atoms with van der Waals surface area (Å²) in [7, 11) is 16.5. The molecule has 0 aromatic heterocycles. The van der Waals surface area contributed by atoms with Gasteiger partial charge in [0.2, 0.25) is 0 Å². The summed E-state index contributed by atoms with van der Waals surface area (Å²) in [4.78, 5) is 87.9. The number of benzene rings is 13. The number of ketones is 8. The number of ether oxygens (including phenoxy) is 10. The summed E-state index contributed by atoms with van der Waals surface area (Å²) in [6.45, 7) is 12.2. The van der Waals surface area contributed by atoms with Crippen molar-refractivity contribution in [3.8, 4) is 68.6 Å². The molecule has 13 aromatic rings. The molecule has 0 heterocycles. The second-order valence-electron chi connectivity index (χ2n) is 25.3. The van der Waals surface area contributed by atoms with Crippen LogP contribution in [-0.4, -0.2) is 117 Å². The Morgan fingerprint density at radius 2 is 0.319 bits per heavy atom. The largest absolute Gasteiger partial charge is 0.497 e. The molecule has 0 unspecified atom stereocenters. The lowest BCUT2D eigenvalue weighted by molar-refractivity contribution is 0.1000. The van der Waals surface area contributed by atoms with Gasteiger partial charge < -0.3 is 47.4 Å². The van der Waals surface area contributed by atoms with E-state index in [1.165, 1.54) is 38.8 Å². The number of fused-ring (bicyclic) bond motifs is 3. The summed E-state index contributed by atoms with van der Waals surface area (Å²) in [5.41, 5.74) is 7.64. The van der Waals surface area contributed by atoms with Gasteiger partial charge in [0, 0.05) is 50.6 Å². The molecule has 0 N–H and O–H groups in total. The maximum absolute atomic E-state index is 11.2. The number of carbonyl (C=O) groups is 8. The Labute approximate surface area is 679 Å². The minimum Gasteiger partial charge on any atom is -0.497 e. The van der Waals surface area contributed by atoms with Gasteiger partial charge in [0.1, 0.15) is 57.5 Å². The molecule has 116 heavy (non-hydrogen) atoms. The molecule has 0 saturated heterocycles. The topological polar surface area (TPSA) is 229 Å². The molecule has 0 radical (unpaired) electrons. The van der Waals surface area contributed by atoms with Crippen LogP contribution in [-0.2, 0) is 0 Å². The predicted octanol–water partition coefficient (Wildman–Crippen LogP) is 22.0. The molecular weight excluding hydrogens is 1470 g/mol. The second-order valence-corrected chi connectivity index (χ2v) is 25.3. The fourth-order valence-corrected chi connectivity index (χ4v) is 10.4. The van der Waals surface area contributed by atoms with E-state index in [2.05, 4.69) is 0 Å². The summed E-state index contributed by atoms with van der Waals surface area (Å²) in [6, 6.07) is 85.8. The third kappa shape index (κ3) is 30.9. The minimum atomic E-state index is -0.0156. The molecule has 0 amide bonds. The van der Waals surface area contributed by atoms with Gasteiger partial charge in [0.25, 0.3) is 0 Å². The summed E-state index contributed by atoms with van der Waals surface area (Å²) in [6.07, 6.45) is 0. The molecule has 0 atom stereocenters. The lowest BCUT2D eigenvalue weighted by Crippen LogP contribution is -1.96. The number of carbonyl (C=O) groups excluding carboxylic acids is 8. The first-order valence-corrected chi connectivity index (χ1v) is 36.4. The van der Waals surface area contributed by atoms with Crippen LogP contribution in [0.25, 0.3) is 43.4 Å². The van der Waals surface area contributed by atoms with E-state index in [9.17, 15) is 38.4 Å². The molecule has 0 saturated carbocycles. The van der Waals surface area contributed by atoms with Gasteiger partial charge >= 0.3 is 0 Å². The van der Waals surface area contributed by atoms with Crippen molar-refractivity contribution >= 4 is 78.6 Å². The molecule has 0 spiro atoms. The van der Waals surface area contributed by atoms with Crippen LogP contribution in [0.1, 0.15) is 138 Å². The summed E-state index contributed by atoms with van der Waals surface area (Å²) < 4.78 is 50.5. The van der Waals surface area contributed by atoms with Crippen molar-refractivity contribution in [2.24, 2.45) is 0 Å². The van der Waals surface area contributed by atoms with Crippen LogP contribution in [0.3, 0.4) is 0 Å². The number of rotatable bonds is 19. The molecule has 0 aliphatic heterocycles. The first-order chi connectivity index (χ1) is 55.6. The third-order valence-electron chi connectivity index (χ3n) is 17.3. The maximum Gasteiger partial charge on any atom is 0.159 e. The second kappa shape index (κ2) is 48.7. The Hall–Kier alpha value is -14.0. The Balaban J connectivity index is 0.000000234. The van der Waals surface area contributed by atoms with Crippen molar-refractivity contribution in [2.75, 3.05) is 71.1 Å². The van der Waals surface area contributed by atoms with E-state index in [0.717, 1.165) is 95.4 Å². The van der Waals surface area contributed by atoms with Gasteiger partial charge in [-0.3, -0.25) is 38.4 Å². The summed E-state index contributed by atoms with van der Waals surface area (Å²) in [5.74, 6) is 8.72. The smallest absolute Gasteiger partial charge is 0.159 e. The number of Topliss-reactive ketones (excluding diaryl/α,β-unsaturated/α-hetero) is 8. The normalized spacial score (nSPS) is 9.74. The van der Waals surface area contributed by atoms with Crippen LogP contribution in [0, 0.1) is 0 Å². The van der Waals surface area contributed by atoms with Crippen LogP contribution in [0.4, 0.5) is 0 Å². The Kier molecular flexibility index (Phi) is 38.9. The van der Waals surface area contributed by atoms with Crippen molar-refractivity contribution in [1.82, 2.24) is 0 Å². The van der Waals surface area contributed by atoms with E-state index in [1.807, 2.05) is 194 Å². The molecular formula is C98H100O18. The molecule has 18 nitrogen and oxygen atoms in total. The standard InChI is InChI=1S/C14H14O2.C14H12O2.C13H12O2.C12H12O2.2C10H10O2.C9H10O2.2C8H10O2/c1-15-13-7-3-11(4-8-13)12-5-9-14(16-2)10-6-12;1-9(15)11-3-5-14-8-12(10(2)16)4-6-13(14)7-11;1-9(14)10-3-4-12-8-13(15-2)6-5-11(12)7-10;1-13-11-5-3-10-8-12(14-2)6-4-9(10)7-11;1-7(11)9-3-5-10(6-4-9)8(2)12;1-7(11)9-4-3-5-10(6-9)8(2)12;1-7(10)8-3-5-9(11-2)6-4-8;1-9-7-3-5-8(10-2)6-4-7;1-9-7-4-3-5-8(6-7)10-2/h3-10H,1-2H3;3-8H,1-2H3;3-8H,1-2H3;3-8H,1-2H3;2*3-6H,1-2H3;3-6H,1-2H3;2*3-6H,1-2H3. The van der Waals surface area contributed by atoms with Crippen molar-refractivity contribution in [3.63, 3.8) is 0 Å². The summed E-state index contributed by atoms with van der Waals surface area (Å²) in [5, 5.41) is 6.42. The van der Waals surface area contributed by atoms with Gasteiger partial charge in [0.15, 0.2) is 46.3 Å². The fraction of sp³-hybridized carbons (Fsp3) is 0.184. The fourth-order valence-electron chi connectivity index (χ4n) is 10.4. The molecule has 0 fully saturated rings. The molecule has 13 aromatic carbocycles. The van der Waals surface area contributed by atoms with E-state index >= 15 is 0 Å². The zero-order valence-electron chi connectivity index (χ0n) is 68.9. The number of hydrogen-bond donors (Lipinski definition) is 0. The van der Waals surface area contributed by atoms with Gasteiger partial charge in [-0.1, -0.05) is 127 Å². The Morgan fingerprint density at radius 1 is 0.155 bits per heavy atom. The minimum absolute atomic E-state index is 0.0156. The SMILES string of the molecule is CC(=O)c1ccc(C(C)=O)cc1.CC(=O)c1ccc2cc(C(C)=O)ccc2c1.CC(=O)c1cccc(C(C)=O)c1.COc1ccc(-c2ccc(OC)cc2)cc1.COc1ccc(C(C)=O)cc1.COc1ccc(OC)cc1.COc1ccc2cc(C(C)=O)ccc2c1.COc1ccc2cc(OC)ccc2c1.COc1cccc(OC)c1.